The molecule has 1 rings (SSSR count). The molecule has 0 saturated carbocycles. The Morgan fingerprint density at radius 2 is 2.12 bits per heavy atom. The van der Waals surface area contributed by atoms with Crippen LogP contribution in [-0.4, -0.2) is 50.3 Å². The van der Waals surface area contributed by atoms with Gasteiger partial charge in [-0.1, -0.05) is 13.8 Å². The van der Waals surface area contributed by atoms with Gasteiger partial charge in [-0.2, -0.15) is 0 Å². The van der Waals surface area contributed by atoms with Crippen LogP contribution >= 0.6 is 0 Å². The number of hydrogen-bond donors (Lipinski definition) is 1. The lowest BCUT2D eigenvalue weighted by molar-refractivity contribution is 0.119. The fourth-order valence-corrected chi connectivity index (χ4v) is 2.18. The average Bonchev–Trinajstić information content (AvgIpc) is 2.26. The predicted molar refractivity (Wildman–Crippen MR) is 68.8 cm³/mol. The van der Waals surface area contributed by atoms with Crippen LogP contribution in [0, 0.1) is 5.92 Å². The first-order valence-corrected chi connectivity index (χ1v) is 6.60. The fourth-order valence-electron chi connectivity index (χ4n) is 2.18. The monoisotopic (exact) mass is 228 g/mol. The van der Waals surface area contributed by atoms with Gasteiger partial charge in [0.1, 0.15) is 0 Å². The molecule has 0 aromatic rings. The Bertz CT molecular complexity index is 185. The van der Waals surface area contributed by atoms with E-state index < -0.39 is 0 Å². The molecule has 0 amide bonds. The van der Waals surface area contributed by atoms with Gasteiger partial charge in [0.2, 0.25) is 0 Å². The topological polar surface area (TPSA) is 24.5 Å². The van der Waals surface area contributed by atoms with Crippen LogP contribution in [0.15, 0.2) is 0 Å². The van der Waals surface area contributed by atoms with Gasteiger partial charge in [0, 0.05) is 32.3 Å². The summed E-state index contributed by atoms with van der Waals surface area (Å²) in [4.78, 5) is 2.51. The molecule has 0 aromatic heterocycles. The van der Waals surface area contributed by atoms with E-state index in [9.17, 15) is 0 Å². The number of nitrogens with zero attached hydrogens (tertiary/aromatic N) is 1. The molecular formula is C13H28N2O. The third-order valence-electron chi connectivity index (χ3n) is 3.62. The molecule has 2 atom stereocenters. The molecule has 0 aliphatic carbocycles. The fraction of sp³-hybridized carbons (Fsp3) is 1.00. The Morgan fingerprint density at radius 3 is 2.75 bits per heavy atom. The molecule has 2 unspecified atom stereocenters. The van der Waals surface area contributed by atoms with Crippen molar-refractivity contribution >= 4 is 0 Å². The lowest BCUT2D eigenvalue weighted by Crippen LogP contribution is -2.50. The SMILES string of the molecule is COCCN1CCCC(NC(C)C(C)C)C1. The van der Waals surface area contributed by atoms with E-state index in [4.69, 9.17) is 4.74 Å². The lowest BCUT2D eigenvalue weighted by Gasteiger charge is -2.35. The zero-order valence-corrected chi connectivity index (χ0v) is 11.3. The van der Waals surface area contributed by atoms with Gasteiger partial charge < -0.3 is 10.1 Å². The van der Waals surface area contributed by atoms with Crippen LogP contribution in [0.25, 0.3) is 0 Å². The Morgan fingerprint density at radius 1 is 1.38 bits per heavy atom. The van der Waals surface area contributed by atoms with Gasteiger partial charge in [-0.05, 0) is 32.2 Å². The number of methoxy groups -OCH3 is 1. The Kier molecular flexibility index (Phi) is 6.32. The molecule has 1 N–H and O–H groups in total. The quantitative estimate of drug-likeness (QED) is 0.749. The molecule has 3 nitrogen and oxygen atoms in total. The van der Waals surface area contributed by atoms with Crippen molar-refractivity contribution in [2.45, 2.75) is 45.7 Å². The smallest absolute Gasteiger partial charge is 0.0589 e. The molecule has 1 saturated heterocycles. The summed E-state index contributed by atoms with van der Waals surface area (Å²) >= 11 is 0. The molecule has 0 aromatic carbocycles. The first-order chi connectivity index (χ1) is 7.63. The van der Waals surface area contributed by atoms with E-state index in [1.807, 2.05) is 0 Å². The van der Waals surface area contributed by atoms with Crippen LogP contribution in [0.4, 0.5) is 0 Å². The van der Waals surface area contributed by atoms with E-state index in [0.717, 1.165) is 13.2 Å². The zero-order chi connectivity index (χ0) is 12.0. The maximum atomic E-state index is 5.14. The highest BCUT2D eigenvalue weighted by Gasteiger charge is 2.21. The van der Waals surface area contributed by atoms with Gasteiger partial charge >= 0.3 is 0 Å². The summed E-state index contributed by atoms with van der Waals surface area (Å²) in [5, 5.41) is 3.74. The third-order valence-corrected chi connectivity index (χ3v) is 3.62. The second-order valence-electron chi connectivity index (χ2n) is 5.33. The van der Waals surface area contributed by atoms with Gasteiger partial charge in [0.15, 0.2) is 0 Å². The van der Waals surface area contributed by atoms with E-state index in [-0.39, 0.29) is 0 Å². The van der Waals surface area contributed by atoms with E-state index in [2.05, 4.69) is 31.0 Å². The second-order valence-corrected chi connectivity index (χ2v) is 5.33. The van der Waals surface area contributed by atoms with E-state index >= 15 is 0 Å². The van der Waals surface area contributed by atoms with Crippen molar-refractivity contribution < 1.29 is 4.74 Å². The van der Waals surface area contributed by atoms with Gasteiger partial charge in [0.25, 0.3) is 0 Å². The average molecular weight is 228 g/mol. The Labute approximate surface area is 101 Å². The number of rotatable bonds is 6. The van der Waals surface area contributed by atoms with E-state index in [1.165, 1.54) is 25.9 Å². The van der Waals surface area contributed by atoms with E-state index in [0.29, 0.717) is 18.0 Å². The Hall–Kier alpha value is -0.120. The third kappa shape index (κ3) is 4.81. The van der Waals surface area contributed by atoms with Crippen LogP contribution in [-0.2, 0) is 4.74 Å². The second kappa shape index (κ2) is 7.25. The molecule has 16 heavy (non-hydrogen) atoms. The molecular weight excluding hydrogens is 200 g/mol. The number of hydrogen-bond acceptors (Lipinski definition) is 3. The first-order valence-electron chi connectivity index (χ1n) is 6.60. The van der Waals surface area contributed by atoms with Crippen molar-refractivity contribution in [3.8, 4) is 0 Å². The predicted octanol–water partition coefficient (Wildman–Crippen LogP) is 1.73. The normalized spacial score (nSPS) is 24.9. The van der Waals surface area contributed by atoms with Crippen molar-refractivity contribution in [3.05, 3.63) is 0 Å². The molecule has 0 radical (unpaired) electrons. The summed E-state index contributed by atoms with van der Waals surface area (Å²) in [6.45, 7) is 11.2. The highest BCUT2D eigenvalue weighted by Crippen LogP contribution is 2.12. The number of ether oxygens (including phenoxy) is 1. The summed E-state index contributed by atoms with van der Waals surface area (Å²) in [7, 11) is 1.78. The maximum Gasteiger partial charge on any atom is 0.0589 e. The maximum absolute atomic E-state index is 5.14. The van der Waals surface area contributed by atoms with Crippen molar-refractivity contribution in [3.63, 3.8) is 0 Å². The van der Waals surface area contributed by atoms with Gasteiger partial charge in [-0.25, -0.2) is 0 Å². The summed E-state index contributed by atoms with van der Waals surface area (Å²) < 4.78 is 5.14. The van der Waals surface area contributed by atoms with Crippen molar-refractivity contribution in [2.75, 3.05) is 33.4 Å². The molecule has 96 valence electrons. The molecule has 1 aliphatic heterocycles. The zero-order valence-electron chi connectivity index (χ0n) is 11.3. The van der Waals surface area contributed by atoms with Crippen molar-refractivity contribution in [1.82, 2.24) is 10.2 Å². The molecule has 1 heterocycles. The lowest BCUT2D eigenvalue weighted by atomic mass is 10.0. The largest absolute Gasteiger partial charge is 0.383 e. The van der Waals surface area contributed by atoms with Crippen LogP contribution in [0.3, 0.4) is 0 Å². The van der Waals surface area contributed by atoms with Gasteiger partial charge in [-0.3, -0.25) is 4.90 Å². The molecule has 1 fully saturated rings. The van der Waals surface area contributed by atoms with Crippen molar-refractivity contribution in [2.24, 2.45) is 5.92 Å². The molecule has 0 spiro atoms. The molecule has 0 bridgehead atoms. The van der Waals surface area contributed by atoms with Crippen LogP contribution in [0.1, 0.15) is 33.6 Å². The summed E-state index contributed by atoms with van der Waals surface area (Å²) in [5.74, 6) is 0.717. The Balaban J connectivity index is 2.27. The van der Waals surface area contributed by atoms with Crippen LogP contribution in [0.2, 0.25) is 0 Å². The highest BCUT2D eigenvalue weighted by molar-refractivity contribution is 4.81. The van der Waals surface area contributed by atoms with Crippen molar-refractivity contribution in [1.29, 1.82) is 0 Å². The van der Waals surface area contributed by atoms with Crippen LogP contribution < -0.4 is 5.32 Å². The number of piperidine rings is 1. The van der Waals surface area contributed by atoms with Gasteiger partial charge in [0.05, 0.1) is 6.61 Å². The summed E-state index contributed by atoms with van der Waals surface area (Å²) in [5.41, 5.74) is 0. The van der Waals surface area contributed by atoms with Gasteiger partial charge in [-0.15, -0.1) is 0 Å². The minimum Gasteiger partial charge on any atom is -0.383 e. The minimum absolute atomic E-state index is 0.618. The van der Waals surface area contributed by atoms with Crippen LogP contribution in [0.5, 0.6) is 0 Å². The number of nitrogens with one attached hydrogen (secondary N) is 1. The summed E-state index contributed by atoms with van der Waals surface area (Å²) in [6, 6.07) is 1.29. The van der Waals surface area contributed by atoms with E-state index in [1.54, 1.807) is 7.11 Å². The highest BCUT2D eigenvalue weighted by atomic mass is 16.5. The standard InChI is InChI=1S/C13H28N2O/c1-11(2)12(3)14-13-6-5-7-15(10-13)8-9-16-4/h11-14H,5-10H2,1-4H3. The summed E-state index contributed by atoms with van der Waals surface area (Å²) in [6.07, 6.45) is 2.63. The number of likely N-dealkylation sites (tertiary alicyclic amines) is 1. The minimum atomic E-state index is 0.618. The molecule has 1 aliphatic rings. The first kappa shape index (κ1) is 13.9. The molecule has 3 heteroatoms.